The maximum atomic E-state index is 3.61. The molecule has 2 rings (SSSR count). The molecule has 0 amide bonds. The Bertz CT molecular complexity index is 166. The van der Waals surface area contributed by atoms with E-state index in [1.54, 1.807) is 0 Å². The minimum Gasteiger partial charge on any atom is -0.314 e. The van der Waals surface area contributed by atoms with Crippen LogP contribution in [-0.2, 0) is 0 Å². The van der Waals surface area contributed by atoms with E-state index in [1.165, 1.54) is 38.6 Å². The van der Waals surface area contributed by atoms with E-state index in [1.807, 2.05) is 0 Å². The predicted octanol–water partition coefficient (Wildman–Crippen LogP) is 2.56. The molecular weight excluding hydrogens is 146 g/mol. The van der Waals surface area contributed by atoms with Gasteiger partial charge in [-0.15, -0.1) is 0 Å². The van der Waals surface area contributed by atoms with Gasteiger partial charge in [0.05, 0.1) is 0 Å². The van der Waals surface area contributed by atoms with E-state index < -0.39 is 0 Å². The summed E-state index contributed by atoms with van der Waals surface area (Å²) in [5.41, 5.74) is 0.683. The van der Waals surface area contributed by atoms with Crippen LogP contribution in [0.3, 0.4) is 0 Å². The zero-order chi connectivity index (χ0) is 8.60. The second-order valence-electron chi connectivity index (χ2n) is 5.11. The van der Waals surface area contributed by atoms with Crippen molar-refractivity contribution in [1.82, 2.24) is 5.32 Å². The average molecular weight is 167 g/mol. The second kappa shape index (κ2) is 3.02. The first-order valence-electron chi connectivity index (χ1n) is 5.44. The van der Waals surface area contributed by atoms with Crippen molar-refractivity contribution >= 4 is 0 Å². The van der Waals surface area contributed by atoms with Crippen molar-refractivity contribution in [2.75, 3.05) is 6.54 Å². The molecule has 0 aromatic rings. The van der Waals surface area contributed by atoms with Gasteiger partial charge in [0.1, 0.15) is 0 Å². The maximum absolute atomic E-state index is 3.61. The molecule has 1 saturated heterocycles. The quantitative estimate of drug-likeness (QED) is 0.584. The molecule has 1 aliphatic heterocycles. The van der Waals surface area contributed by atoms with Crippen molar-refractivity contribution in [2.24, 2.45) is 11.3 Å². The lowest BCUT2D eigenvalue weighted by molar-refractivity contribution is 0.0577. The Hall–Kier alpha value is -0.0400. The number of nitrogens with one attached hydrogen (secondary N) is 1. The molecule has 2 aliphatic rings. The minimum absolute atomic E-state index is 0.683. The van der Waals surface area contributed by atoms with E-state index in [2.05, 4.69) is 19.2 Å². The molecule has 1 N–H and O–H groups in total. The molecule has 1 heterocycles. The Morgan fingerprint density at radius 2 is 2.17 bits per heavy atom. The first kappa shape index (κ1) is 8.55. The summed E-state index contributed by atoms with van der Waals surface area (Å²) in [7, 11) is 0. The molecule has 12 heavy (non-hydrogen) atoms. The summed E-state index contributed by atoms with van der Waals surface area (Å²) in [5.74, 6) is 0.974. The number of rotatable bonds is 0. The Morgan fingerprint density at radius 1 is 1.33 bits per heavy atom. The van der Waals surface area contributed by atoms with E-state index in [9.17, 15) is 0 Å². The van der Waals surface area contributed by atoms with Crippen LogP contribution < -0.4 is 5.32 Å². The number of piperidine rings is 1. The summed E-state index contributed by atoms with van der Waals surface area (Å²) in [6.45, 7) is 6.11. The van der Waals surface area contributed by atoms with Crippen LogP contribution >= 0.6 is 0 Å². The van der Waals surface area contributed by atoms with Crippen LogP contribution in [0.4, 0.5) is 0 Å². The fraction of sp³-hybridized carbons (Fsp3) is 1.00. The fourth-order valence-electron chi connectivity index (χ4n) is 3.20. The van der Waals surface area contributed by atoms with Crippen molar-refractivity contribution in [3.8, 4) is 0 Å². The summed E-state index contributed by atoms with van der Waals surface area (Å²) < 4.78 is 0. The van der Waals surface area contributed by atoms with Gasteiger partial charge in [0.15, 0.2) is 0 Å². The molecule has 3 atom stereocenters. The molecular formula is C11H21N. The van der Waals surface area contributed by atoms with E-state index in [4.69, 9.17) is 0 Å². The zero-order valence-corrected chi connectivity index (χ0v) is 8.40. The summed E-state index contributed by atoms with van der Waals surface area (Å²) >= 11 is 0. The number of fused-ring (bicyclic) bond motifs is 1. The minimum atomic E-state index is 0.683. The first-order chi connectivity index (χ1) is 5.71. The van der Waals surface area contributed by atoms with Crippen molar-refractivity contribution in [1.29, 1.82) is 0 Å². The third-order valence-electron chi connectivity index (χ3n) is 4.02. The highest BCUT2D eigenvalue weighted by Gasteiger charge is 2.39. The number of hydrogen-bond donors (Lipinski definition) is 1. The molecule has 2 fully saturated rings. The van der Waals surface area contributed by atoms with E-state index >= 15 is 0 Å². The molecule has 70 valence electrons. The molecule has 0 bridgehead atoms. The normalized spacial score (nSPS) is 48.5. The van der Waals surface area contributed by atoms with Gasteiger partial charge >= 0.3 is 0 Å². The van der Waals surface area contributed by atoms with E-state index in [0.717, 1.165) is 12.0 Å². The molecule has 1 aliphatic carbocycles. The second-order valence-corrected chi connectivity index (χ2v) is 5.11. The van der Waals surface area contributed by atoms with Crippen LogP contribution in [-0.4, -0.2) is 12.6 Å². The third-order valence-corrected chi connectivity index (χ3v) is 4.02. The van der Waals surface area contributed by atoms with Crippen LogP contribution in [0, 0.1) is 11.3 Å². The third kappa shape index (κ3) is 1.39. The van der Waals surface area contributed by atoms with Crippen molar-refractivity contribution in [3.63, 3.8) is 0 Å². The largest absolute Gasteiger partial charge is 0.314 e. The van der Waals surface area contributed by atoms with E-state index in [0.29, 0.717) is 5.41 Å². The van der Waals surface area contributed by atoms with Gasteiger partial charge in [-0.2, -0.15) is 0 Å². The SMILES string of the molecule is CC1CC2(C)CCCCC2CN1. The summed E-state index contributed by atoms with van der Waals surface area (Å²) in [6, 6.07) is 0.754. The lowest BCUT2D eigenvalue weighted by Crippen LogP contribution is -2.49. The Morgan fingerprint density at radius 3 is 3.00 bits per heavy atom. The Kier molecular flexibility index (Phi) is 2.16. The highest BCUT2D eigenvalue weighted by atomic mass is 14.9. The fourth-order valence-corrected chi connectivity index (χ4v) is 3.20. The van der Waals surface area contributed by atoms with Crippen molar-refractivity contribution < 1.29 is 0 Å². The van der Waals surface area contributed by atoms with Crippen LogP contribution in [0.25, 0.3) is 0 Å². The van der Waals surface area contributed by atoms with Gasteiger partial charge < -0.3 is 5.32 Å². The summed E-state index contributed by atoms with van der Waals surface area (Å²) in [4.78, 5) is 0. The molecule has 0 aromatic carbocycles. The molecule has 0 spiro atoms. The zero-order valence-electron chi connectivity index (χ0n) is 8.40. The number of hydrogen-bond acceptors (Lipinski definition) is 1. The maximum Gasteiger partial charge on any atom is 0.00441 e. The van der Waals surface area contributed by atoms with Crippen LogP contribution in [0.1, 0.15) is 46.0 Å². The molecule has 3 unspecified atom stereocenters. The Balaban J connectivity index is 2.07. The summed E-state index contributed by atoms with van der Waals surface area (Å²) in [5, 5.41) is 3.61. The molecule has 0 aromatic heterocycles. The molecule has 1 heteroatoms. The van der Waals surface area contributed by atoms with Crippen LogP contribution in [0.15, 0.2) is 0 Å². The van der Waals surface area contributed by atoms with E-state index in [-0.39, 0.29) is 0 Å². The van der Waals surface area contributed by atoms with Crippen LogP contribution in [0.2, 0.25) is 0 Å². The van der Waals surface area contributed by atoms with Gasteiger partial charge in [-0.3, -0.25) is 0 Å². The average Bonchev–Trinajstić information content (AvgIpc) is 2.02. The smallest absolute Gasteiger partial charge is 0.00441 e. The van der Waals surface area contributed by atoms with Crippen LogP contribution in [0.5, 0.6) is 0 Å². The highest BCUT2D eigenvalue weighted by Crippen LogP contribution is 2.45. The van der Waals surface area contributed by atoms with Gasteiger partial charge in [0.2, 0.25) is 0 Å². The lowest BCUT2D eigenvalue weighted by atomic mass is 9.63. The lowest BCUT2D eigenvalue weighted by Gasteiger charge is -2.47. The van der Waals surface area contributed by atoms with Gasteiger partial charge in [0.25, 0.3) is 0 Å². The first-order valence-corrected chi connectivity index (χ1v) is 5.44. The van der Waals surface area contributed by atoms with Crippen molar-refractivity contribution in [3.05, 3.63) is 0 Å². The van der Waals surface area contributed by atoms with Gasteiger partial charge in [-0.1, -0.05) is 19.8 Å². The standard InChI is InChI=1S/C11H21N/c1-9-7-11(2)6-4-3-5-10(11)8-12-9/h9-10,12H,3-8H2,1-2H3. The summed E-state index contributed by atoms with van der Waals surface area (Å²) in [6.07, 6.45) is 7.29. The molecule has 1 nitrogen and oxygen atoms in total. The Labute approximate surface area is 75.9 Å². The molecule has 1 saturated carbocycles. The topological polar surface area (TPSA) is 12.0 Å². The molecule has 0 radical (unpaired) electrons. The van der Waals surface area contributed by atoms with Gasteiger partial charge in [0, 0.05) is 6.04 Å². The van der Waals surface area contributed by atoms with Gasteiger partial charge in [-0.05, 0) is 44.1 Å². The predicted molar refractivity (Wildman–Crippen MR) is 52.1 cm³/mol. The van der Waals surface area contributed by atoms with Gasteiger partial charge in [-0.25, -0.2) is 0 Å². The monoisotopic (exact) mass is 167 g/mol. The highest BCUT2D eigenvalue weighted by molar-refractivity contribution is 4.93. The van der Waals surface area contributed by atoms with Crippen molar-refractivity contribution in [2.45, 2.75) is 52.0 Å².